The molecule has 0 aliphatic rings. The number of carbonyl (C=O) groups excluding carboxylic acids is 2. The van der Waals surface area contributed by atoms with Crippen LogP contribution in [0.4, 0.5) is 18.9 Å². The standard InChI is InChI=1S/C31H35ClF3N3O4S/c1-5-22(4)36-30(40)27(6-2)37(19-23-13-11-10-12-21(23)3)29(39)20-38(43(41,42)25-14-8-7-9-15-25)28-18-24(31(33,34)35)16-17-26(28)32/h7-18,22,27H,5-6,19-20H2,1-4H3,(H,36,40)/t22-,27-/m0/s1. The number of aryl methyl sites for hydroxylation is 1. The number of benzene rings is 3. The Hall–Kier alpha value is -3.57. The Morgan fingerprint density at radius 2 is 1.58 bits per heavy atom. The zero-order chi connectivity index (χ0) is 31.9. The maximum Gasteiger partial charge on any atom is 0.416 e. The molecule has 2 atom stereocenters. The smallest absolute Gasteiger partial charge is 0.352 e. The molecule has 0 unspecified atom stereocenters. The third-order valence-corrected chi connectivity index (χ3v) is 9.23. The molecule has 232 valence electrons. The van der Waals surface area contributed by atoms with Crippen molar-refractivity contribution < 1.29 is 31.2 Å². The fraction of sp³-hybridized carbons (Fsp3) is 0.355. The summed E-state index contributed by atoms with van der Waals surface area (Å²) in [6, 6.07) is 15.4. The third-order valence-electron chi connectivity index (χ3n) is 7.14. The summed E-state index contributed by atoms with van der Waals surface area (Å²) in [6.07, 6.45) is -3.95. The summed E-state index contributed by atoms with van der Waals surface area (Å²) < 4.78 is 69.5. The van der Waals surface area contributed by atoms with Gasteiger partial charge in [-0.1, -0.05) is 67.9 Å². The summed E-state index contributed by atoms with van der Waals surface area (Å²) in [6.45, 7) is 6.34. The number of rotatable bonds is 12. The van der Waals surface area contributed by atoms with Gasteiger partial charge < -0.3 is 10.2 Å². The molecule has 43 heavy (non-hydrogen) atoms. The Bertz CT molecular complexity index is 1530. The number of nitrogens with zero attached hydrogens (tertiary/aromatic N) is 2. The highest BCUT2D eigenvalue weighted by atomic mass is 35.5. The van der Waals surface area contributed by atoms with Crippen LogP contribution < -0.4 is 9.62 Å². The van der Waals surface area contributed by atoms with Gasteiger partial charge in [0.25, 0.3) is 10.0 Å². The number of hydrogen-bond acceptors (Lipinski definition) is 4. The van der Waals surface area contributed by atoms with Crippen LogP contribution in [0.25, 0.3) is 0 Å². The molecule has 0 aromatic heterocycles. The summed E-state index contributed by atoms with van der Waals surface area (Å²) in [5, 5.41) is 2.58. The van der Waals surface area contributed by atoms with Gasteiger partial charge in [-0.2, -0.15) is 13.2 Å². The molecular formula is C31H35ClF3N3O4S. The van der Waals surface area contributed by atoms with Crippen molar-refractivity contribution >= 4 is 39.1 Å². The summed E-state index contributed by atoms with van der Waals surface area (Å²) >= 11 is 6.30. The molecule has 0 radical (unpaired) electrons. The van der Waals surface area contributed by atoms with E-state index in [9.17, 15) is 31.2 Å². The molecule has 1 N–H and O–H groups in total. The van der Waals surface area contributed by atoms with Gasteiger partial charge in [0, 0.05) is 12.6 Å². The number of halogens is 4. The van der Waals surface area contributed by atoms with E-state index in [1.807, 2.05) is 32.9 Å². The molecule has 3 aromatic carbocycles. The predicted molar refractivity (Wildman–Crippen MR) is 161 cm³/mol. The van der Waals surface area contributed by atoms with E-state index in [0.717, 1.165) is 23.3 Å². The first-order valence-electron chi connectivity index (χ1n) is 13.8. The Morgan fingerprint density at radius 1 is 0.953 bits per heavy atom. The van der Waals surface area contributed by atoms with Crippen LogP contribution in [0.2, 0.25) is 5.02 Å². The minimum absolute atomic E-state index is 0.0342. The lowest BCUT2D eigenvalue weighted by Gasteiger charge is -2.34. The van der Waals surface area contributed by atoms with Gasteiger partial charge in [0.2, 0.25) is 11.8 Å². The SMILES string of the molecule is CC[C@H](C)NC(=O)[C@H](CC)N(Cc1ccccc1C)C(=O)CN(c1cc(C(F)(F)F)ccc1Cl)S(=O)(=O)c1ccccc1. The van der Waals surface area contributed by atoms with E-state index in [4.69, 9.17) is 11.6 Å². The van der Waals surface area contributed by atoms with Gasteiger partial charge in [0.05, 0.1) is 21.2 Å². The van der Waals surface area contributed by atoms with E-state index in [2.05, 4.69) is 5.32 Å². The molecule has 2 amide bonds. The zero-order valence-electron chi connectivity index (χ0n) is 24.4. The molecule has 0 bridgehead atoms. The monoisotopic (exact) mass is 637 g/mol. The van der Waals surface area contributed by atoms with Crippen molar-refractivity contribution in [1.29, 1.82) is 0 Å². The van der Waals surface area contributed by atoms with Gasteiger partial charge in [-0.15, -0.1) is 0 Å². The van der Waals surface area contributed by atoms with E-state index in [1.54, 1.807) is 25.1 Å². The van der Waals surface area contributed by atoms with Gasteiger partial charge in [0.1, 0.15) is 12.6 Å². The van der Waals surface area contributed by atoms with E-state index in [1.165, 1.54) is 29.2 Å². The van der Waals surface area contributed by atoms with Crippen molar-refractivity contribution in [2.75, 3.05) is 10.8 Å². The van der Waals surface area contributed by atoms with Gasteiger partial charge in [-0.25, -0.2) is 8.42 Å². The van der Waals surface area contributed by atoms with Crippen LogP contribution in [0.3, 0.4) is 0 Å². The first-order chi connectivity index (χ1) is 20.2. The van der Waals surface area contributed by atoms with Crippen molar-refractivity contribution in [2.24, 2.45) is 0 Å². The van der Waals surface area contributed by atoms with Gasteiger partial charge >= 0.3 is 6.18 Å². The Balaban J connectivity index is 2.16. The lowest BCUT2D eigenvalue weighted by molar-refractivity contribution is -0.140. The molecule has 3 aromatic rings. The highest BCUT2D eigenvalue weighted by Gasteiger charge is 2.37. The fourth-order valence-corrected chi connectivity index (χ4v) is 6.16. The first-order valence-corrected chi connectivity index (χ1v) is 15.6. The predicted octanol–water partition coefficient (Wildman–Crippen LogP) is 6.58. The maximum absolute atomic E-state index is 14.1. The van der Waals surface area contributed by atoms with Crippen molar-refractivity contribution in [1.82, 2.24) is 10.2 Å². The van der Waals surface area contributed by atoms with Gasteiger partial charge in [-0.05, 0) is 68.1 Å². The number of carbonyl (C=O) groups is 2. The second-order valence-corrected chi connectivity index (χ2v) is 12.4. The second kappa shape index (κ2) is 14.3. The topological polar surface area (TPSA) is 86.8 Å². The van der Waals surface area contributed by atoms with Crippen LogP contribution in [0.15, 0.2) is 77.7 Å². The molecule has 0 fully saturated rings. The van der Waals surface area contributed by atoms with E-state index in [0.29, 0.717) is 16.8 Å². The number of nitrogens with one attached hydrogen (secondary N) is 1. The van der Waals surface area contributed by atoms with Crippen molar-refractivity contribution in [2.45, 2.75) is 70.2 Å². The van der Waals surface area contributed by atoms with Crippen molar-refractivity contribution in [3.05, 3.63) is 94.5 Å². The molecule has 12 heteroatoms. The van der Waals surface area contributed by atoms with Crippen LogP contribution in [0.5, 0.6) is 0 Å². The minimum Gasteiger partial charge on any atom is -0.352 e. The molecule has 7 nitrogen and oxygen atoms in total. The Kier molecular flexibility index (Phi) is 11.3. The number of sulfonamides is 1. The Morgan fingerprint density at radius 3 is 2.16 bits per heavy atom. The lowest BCUT2D eigenvalue weighted by atomic mass is 10.1. The molecular weight excluding hydrogens is 603 g/mol. The second-order valence-electron chi connectivity index (χ2n) is 10.2. The average molecular weight is 638 g/mol. The van der Waals surface area contributed by atoms with E-state index >= 15 is 0 Å². The summed E-state index contributed by atoms with van der Waals surface area (Å²) in [4.78, 5) is 28.5. The van der Waals surface area contributed by atoms with Crippen molar-refractivity contribution in [3.8, 4) is 0 Å². The number of hydrogen-bond donors (Lipinski definition) is 1. The summed E-state index contributed by atoms with van der Waals surface area (Å²) in [5.41, 5.74) is -0.0854. The number of alkyl halides is 3. The summed E-state index contributed by atoms with van der Waals surface area (Å²) in [7, 11) is -4.59. The first kappa shape index (κ1) is 33.9. The highest BCUT2D eigenvalue weighted by molar-refractivity contribution is 7.92. The maximum atomic E-state index is 14.1. The molecule has 0 saturated carbocycles. The molecule has 0 saturated heterocycles. The van der Waals surface area contributed by atoms with Gasteiger partial charge in [-0.3, -0.25) is 13.9 Å². The van der Waals surface area contributed by atoms with Crippen LogP contribution in [0.1, 0.15) is 50.3 Å². The molecule has 3 rings (SSSR count). The normalized spacial score (nSPS) is 13.2. The quantitative estimate of drug-likeness (QED) is 0.243. The average Bonchev–Trinajstić information content (AvgIpc) is 2.96. The largest absolute Gasteiger partial charge is 0.416 e. The Labute approximate surface area is 255 Å². The van der Waals surface area contributed by atoms with Crippen LogP contribution in [-0.4, -0.2) is 43.8 Å². The van der Waals surface area contributed by atoms with E-state index in [-0.39, 0.29) is 28.9 Å². The zero-order valence-corrected chi connectivity index (χ0v) is 25.9. The lowest BCUT2D eigenvalue weighted by Crippen LogP contribution is -2.53. The minimum atomic E-state index is -4.80. The number of anilines is 1. The molecule has 0 aliphatic carbocycles. The fourth-order valence-electron chi connectivity index (χ4n) is 4.44. The highest BCUT2D eigenvalue weighted by Crippen LogP contribution is 2.37. The van der Waals surface area contributed by atoms with Crippen molar-refractivity contribution in [3.63, 3.8) is 0 Å². The molecule has 0 spiro atoms. The molecule has 0 heterocycles. The molecule has 0 aliphatic heterocycles. The van der Waals surface area contributed by atoms with Gasteiger partial charge in [0.15, 0.2) is 0 Å². The third kappa shape index (κ3) is 8.29. The van der Waals surface area contributed by atoms with Crippen LogP contribution >= 0.6 is 11.6 Å². The van der Waals surface area contributed by atoms with E-state index < -0.39 is 51.9 Å². The van der Waals surface area contributed by atoms with Crippen LogP contribution in [0, 0.1) is 6.92 Å². The van der Waals surface area contributed by atoms with Crippen LogP contribution in [-0.2, 0) is 32.3 Å². The summed E-state index contributed by atoms with van der Waals surface area (Å²) in [5.74, 6) is -1.21. The number of amides is 2.